The fourth-order valence-corrected chi connectivity index (χ4v) is 8.18. The Hall–Kier alpha value is -4.44. The molecule has 0 saturated heterocycles. The van der Waals surface area contributed by atoms with E-state index in [4.69, 9.17) is 9.15 Å². The van der Waals surface area contributed by atoms with Crippen molar-refractivity contribution in [1.29, 1.82) is 0 Å². The van der Waals surface area contributed by atoms with Crippen molar-refractivity contribution in [2.75, 3.05) is 26.7 Å². The Balaban J connectivity index is 0.000000698. The summed E-state index contributed by atoms with van der Waals surface area (Å²) in [5, 5.41) is 13.6. The van der Waals surface area contributed by atoms with E-state index < -0.39 is 22.0 Å². The van der Waals surface area contributed by atoms with Gasteiger partial charge in [0.15, 0.2) is 0 Å². The number of quaternary nitrogens is 1. The first kappa shape index (κ1) is 37.4. The maximum Gasteiger partial charge on any atom is 0.244 e. The van der Waals surface area contributed by atoms with Crippen LogP contribution in [0.15, 0.2) is 100 Å². The Labute approximate surface area is 291 Å². The molecule has 49 heavy (non-hydrogen) atoms. The molecule has 0 aliphatic carbocycles. The molecule has 0 aliphatic heterocycles. The number of hydrogen-bond acceptors (Lipinski definition) is 6. The Kier molecular flexibility index (Phi) is 12.8. The normalized spacial score (nSPS) is 12.2. The number of sulfonamides is 1. The predicted molar refractivity (Wildman–Crippen MR) is 193 cm³/mol. The zero-order chi connectivity index (χ0) is 35.7. The van der Waals surface area contributed by atoms with Crippen molar-refractivity contribution in [2.24, 2.45) is 0 Å². The summed E-state index contributed by atoms with van der Waals surface area (Å²) in [5.74, 6) is -0.281. The number of aliphatic carboxylic acids is 1. The molecule has 1 N–H and O–H groups in total. The fourth-order valence-electron chi connectivity index (χ4n) is 6.13. The van der Waals surface area contributed by atoms with E-state index in [0.29, 0.717) is 39.3 Å². The van der Waals surface area contributed by atoms with Crippen LogP contribution < -0.4 is 14.7 Å². The second kappa shape index (κ2) is 16.8. The maximum absolute atomic E-state index is 14.5. The lowest BCUT2D eigenvalue weighted by atomic mass is 10.0. The highest BCUT2D eigenvalue weighted by atomic mass is 32.2. The standard InChI is InChI=1S/C34H33NO6S.C6H15N/c1-22-17-31(40-4)23(2)24(3)33(22)42(38,39)35(29(34(36)37)19-25-11-6-5-7-12-25)21-26-13-10-15-27(18-26)32-20-28-14-8-9-16-30(28)41-32;1-4-7(5-2)6-3/h5-18,20,29H,19,21H2,1-4H3,(H,36,37);4-6H2,1-3H3/t29-;/m0./s1. The van der Waals surface area contributed by atoms with Crippen molar-refractivity contribution in [3.63, 3.8) is 0 Å². The van der Waals surface area contributed by atoms with Gasteiger partial charge in [-0.05, 0) is 100 Å². The third kappa shape index (κ3) is 8.78. The zero-order valence-electron chi connectivity index (χ0n) is 29.6. The number of carboxylic acid groups (broad SMARTS) is 1. The van der Waals surface area contributed by atoms with Gasteiger partial charge in [-0.3, -0.25) is 0 Å². The molecule has 1 atom stereocenters. The number of furan rings is 1. The molecule has 0 saturated carbocycles. The molecule has 5 aromatic rings. The van der Waals surface area contributed by atoms with Crippen molar-refractivity contribution in [3.05, 3.63) is 119 Å². The number of para-hydroxylation sites is 1. The SMILES string of the molecule is CC[NH+](CC)CC.COc1cc(C)c(S(=O)(=O)N(Cc2cccc(-c3cc4ccccc4o3)c2)[C@@H](Cc2ccccc2)C(=O)[O-])c(C)c1C. The molecule has 9 heteroatoms. The minimum absolute atomic E-state index is 0.0566. The van der Waals surface area contributed by atoms with Crippen LogP contribution in [0.3, 0.4) is 0 Å². The Bertz CT molecular complexity index is 1930. The van der Waals surface area contributed by atoms with E-state index in [1.54, 1.807) is 62.1 Å². The van der Waals surface area contributed by atoms with Gasteiger partial charge in [0.2, 0.25) is 10.0 Å². The van der Waals surface area contributed by atoms with Gasteiger partial charge < -0.3 is 24.0 Å². The Morgan fingerprint density at radius 3 is 2.06 bits per heavy atom. The van der Waals surface area contributed by atoms with Crippen LogP contribution in [0.4, 0.5) is 0 Å². The first-order chi connectivity index (χ1) is 23.4. The molecule has 0 fully saturated rings. The first-order valence-corrected chi connectivity index (χ1v) is 18.2. The zero-order valence-corrected chi connectivity index (χ0v) is 30.4. The largest absolute Gasteiger partial charge is 0.548 e. The van der Waals surface area contributed by atoms with E-state index >= 15 is 0 Å². The molecule has 0 aliphatic rings. The number of rotatable bonds is 13. The molecule has 260 valence electrons. The molecular formula is C40H48N2O6S. The van der Waals surface area contributed by atoms with Gasteiger partial charge in [-0.2, -0.15) is 4.31 Å². The van der Waals surface area contributed by atoms with E-state index in [2.05, 4.69) is 20.8 Å². The van der Waals surface area contributed by atoms with E-state index in [-0.39, 0.29) is 17.9 Å². The van der Waals surface area contributed by atoms with Crippen LogP contribution in [-0.4, -0.2) is 51.5 Å². The average Bonchev–Trinajstić information content (AvgIpc) is 3.54. The van der Waals surface area contributed by atoms with Gasteiger partial charge in [-0.15, -0.1) is 0 Å². The highest BCUT2D eigenvalue weighted by Gasteiger charge is 2.35. The van der Waals surface area contributed by atoms with Gasteiger partial charge >= 0.3 is 0 Å². The number of carbonyl (C=O) groups is 1. The topological polar surface area (TPSA) is 104 Å². The van der Waals surface area contributed by atoms with Crippen LogP contribution >= 0.6 is 0 Å². The number of hydrogen-bond donors (Lipinski definition) is 1. The molecule has 0 amide bonds. The number of aryl methyl sites for hydroxylation is 1. The van der Waals surface area contributed by atoms with Gasteiger partial charge in [0.05, 0.1) is 43.7 Å². The first-order valence-electron chi connectivity index (χ1n) is 16.8. The smallest absolute Gasteiger partial charge is 0.244 e. The predicted octanol–water partition coefficient (Wildman–Crippen LogP) is 5.52. The van der Waals surface area contributed by atoms with Crippen molar-refractivity contribution >= 4 is 27.0 Å². The Morgan fingerprint density at radius 2 is 1.47 bits per heavy atom. The number of carbonyl (C=O) groups excluding carboxylic acids is 1. The second-order valence-electron chi connectivity index (χ2n) is 12.2. The molecule has 1 aromatic heterocycles. The number of ether oxygens (including phenoxy) is 1. The van der Waals surface area contributed by atoms with Crippen LogP contribution in [0.2, 0.25) is 0 Å². The fraction of sp³-hybridized carbons (Fsp3) is 0.325. The van der Waals surface area contributed by atoms with Crippen LogP contribution in [0.1, 0.15) is 48.6 Å². The minimum Gasteiger partial charge on any atom is -0.548 e. The van der Waals surface area contributed by atoms with Gasteiger partial charge in [-0.25, -0.2) is 8.42 Å². The van der Waals surface area contributed by atoms with Crippen molar-refractivity contribution in [3.8, 4) is 17.1 Å². The second-order valence-corrected chi connectivity index (χ2v) is 14.0. The summed E-state index contributed by atoms with van der Waals surface area (Å²) in [6, 6.07) is 26.0. The number of nitrogens with zero attached hydrogens (tertiary/aromatic N) is 1. The monoisotopic (exact) mass is 684 g/mol. The summed E-state index contributed by atoms with van der Waals surface area (Å²) in [4.78, 5) is 14.4. The molecule has 0 radical (unpaired) electrons. The minimum atomic E-state index is -4.34. The third-order valence-electron chi connectivity index (χ3n) is 9.13. The van der Waals surface area contributed by atoms with Gasteiger partial charge in [0, 0.05) is 17.5 Å². The number of nitrogens with one attached hydrogen (secondary N) is 1. The van der Waals surface area contributed by atoms with E-state index in [9.17, 15) is 18.3 Å². The van der Waals surface area contributed by atoms with Gasteiger partial charge in [-0.1, -0.05) is 66.7 Å². The molecular weight excluding hydrogens is 637 g/mol. The number of benzene rings is 4. The van der Waals surface area contributed by atoms with Crippen LogP contribution in [-0.2, 0) is 27.8 Å². The van der Waals surface area contributed by atoms with Crippen molar-refractivity contribution in [2.45, 2.75) is 65.4 Å². The van der Waals surface area contributed by atoms with Gasteiger partial charge in [0.25, 0.3) is 0 Å². The average molecular weight is 685 g/mol. The lowest BCUT2D eigenvalue weighted by Crippen LogP contribution is -3.11. The van der Waals surface area contributed by atoms with Crippen molar-refractivity contribution in [1.82, 2.24) is 4.31 Å². The summed E-state index contributed by atoms with van der Waals surface area (Å²) in [5.41, 5.74) is 4.42. The molecule has 0 spiro atoms. The lowest BCUT2D eigenvalue weighted by molar-refractivity contribution is -0.894. The van der Waals surface area contributed by atoms with Crippen molar-refractivity contribution < 1.29 is 32.4 Å². The summed E-state index contributed by atoms with van der Waals surface area (Å²) < 4.78 is 41.6. The molecule has 0 bridgehead atoms. The van der Waals surface area contributed by atoms with Crippen LogP contribution in [0, 0.1) is 20.8 Å². The van der Waals surface area contributed by atoms with E-state index in [1.807, 2.05) is 54.6 Å². The third-order valence-corrected chi connectivity index (χ3v) is 11.3. The maximum atomic E-state index is 14.5. The van der Waals surface area contributed by atoms with E-state index in [1.165, 1.54) is 26.7 Å². The molecule has 5 rings (SSSR count). The summed E-state index contributed by atoms with van der Waals surface area (Å²) in [6.07, 6.45) is -0.0566. The lowest BCUT2D eigenvalue weighted by Gasteiger charge is -2.33. The number of fused-ring (bicyclic) bond motifs is 1. The van der Waals surface area contributed by atoms with E-state index in [0.717, 1.165) is 20.8 Å². The summed E-state index contributed by atoms with van der Waals surface area (Å²) >= 11 is 0. The quantitative estimate of drug-likeness (QED) is 0.175. The molecule has 4 aromatic carbocycles. The van der Waals surface area contributed by atoms with Crippen LogP contribution in [0.5, 0.6) is 5.75 Å². The highest BCUT2D eigenvalue weighted by molar-refractivity contribution is 7.89. The molecule has 0 unspecified atom stereocenters. The highest BCUT2D eigenvalue weighted by Crippen LogP contribution is 2.35. The summed E-state index contributed by atoms with van der Waals surface area (Å²) in [6.45, 7) is 15.5. The number of methoxy groups -OCH3 is 1. The van der Waals surface area contributed by atoms with Crippen LogP contribution in [0.25, 0.3) is 22.3 Å². The van der Waals surface area contributed by atoms with Gasteiger partial charge in [0.1, 0.15) is 17.1 Å². The Morgan fingerprint density at radius 1 is 0.837 bits per heavy atom. The summed E-state index contributed by atoms with van der Waals surface area (Å²) in [7, 11) is -2.81. The molecule has 1 heterocycles. The molecule has 8 nitrogen and oxygen atoms in total. The number of carboxylic acids is 1.